The molecular weight excluding hydrogens is 268 g/mol. The average molecular weight is 288 g/mol. The fraction of sp³-hybridized carbons (Fsp3) is 0.294. The van der Waals surface area contributed by atoms with E-state index in [-0.39, 0.29) is 0 Å². The zero-order valence-corrected chi connectivity index (χ0v) is 12.8. The highest BCUT2D eigenvalue weighted by Gasteiger charge is 2.07. The molecule has 0 aliphatic heterocycles. The number of thiol groups is 1. The number of methoxy groups -OCH3 is 1. The van der Waals surface area contributed by atoms with Gasteiger partial charge in [-0.15, -0.1) is 0 Å². The number of hydrogen-bond acceptors (Lipinski definition) is 3. The first kappa shape index (κ1) is 14.8. The van der Waals surface area contributed by atoms with Crippen LogP contribution in [0.25, 0.3) is 0 Å². The summed E-state index contributed by atoms with van der Waals surface area (Å²) in [6, 6.07) is 16.2. The van der Waals surface area contributed by atoms with E-state index < -0.39 is 0 Å². The first-order valence-corrected chi connectivity index (χ1v) is 7.22. The topological polar surface area (TPSA) is 18.5 Å². The number of hydrogen-bond donors (Lipinski definition) is 1. The molecule has 1 atom stereocenters. The molecule has 2 aromatic rings. The van der Waals surface area contributed by atoms with Gasteiger partial charge in [-0.05, 0) is 29.7 Å². The molecule has 0 amide bonds. The Morgan fingerprint density at radius 2 is 1.75 bits per heavy atom. The van der Waals surface area contributed by atoms with Gasteiger partial charge in [-0.25, -0.2) is 0 Å². The molecule has 20 heavy (non-hydrogen) atoms. The maximum absolute atomic E-state index is 5.83. The second-order valence-corrected chi connectivity index (χ2v) is 5.69. The van der Waals surface area contributed by atoms with Crippen molar-refractivity contribution in [1.29, 1.82) is 0 Å². The molecule has 2 nitrogen and oxygen atoms in total. The fourth-order valence-corrected chi connectivity index (χ4v) is 2.25. The molecule has 2 rings (SSSR count). The molecule has 3 heteroatoms. The molecule has 0 saturated carbocycles. The van der Waals surface area contributed by atoms with Gasteiger partial charge in [-0.1, -0.05) is 43.3 Å². The molecule has 0 heterocycles. The van der Waals surface area contributed by atoms with Gasteiger partial charge in [-0.3, -0.25) is 0 Å². The molecule has 0 bridgehead atoms. The molecule has 0 spiro atoms. The lowest BCUT2D eigenvalue weighted by atomic mass is 10.1. The third-order valence-corrected chi connectivity index (χ3v) is 3.18. The van der Waals surface area contributed by atoms with E-state index in [4.69, 9.17) is 9.47 Å². The smallest absolute Gasteiger partial charge is 0.161 e. The van der Waals surface area contributed by atoms with Gasteiger partial charge in [0.05, 0.1) is 7.11 Å². The first-order chi connectivity index (χ1) is 9.69. The Labute approximate surface area is 126 Å². The van der Waals surface area contributed by atoms with Crippen molar-refractivity contribution in [3.05, 3.63) is 59.7 Å². The monoisotopic (exact) mass is 288 g/mol. The maximum atomic E-state index is 5.83. The van der Waals surface area contributed by atoms with Crippen LogP contribution in [0.3, 0.4) is 0 Å². The largest absolute Gasteiger partial charge is 0.493 e. The molecule has 0 aliphatic rings. The maximum Gasteiger partial charge on any atom is 0.161 e. The Hall–Kier alpha value is -1.61. The minimum Gasteiger partial charge on any atom is -0.493 e. The van der Waals surface area contributed by atoms with E-state index in [2.05, 4.69) is 25.6 Å². The van der Waals surface area contributed by atoms with Crippen molar-refractivity contribution in [3.63, 3.8) is 0 Å². The van der Waals surface area contributed by atoms with Gasteiger partial charge < -0.3 is 9.47 Å². The van der Waals surface area contributed by atoms with Crippen LogP contribution >= 0.6 is 12.6 Å². The predicted molar refractivity (Wildman–Crippen MR) is 85.9 cm³/mol. The molecule has 0 radical (unpaired) electrons. The summed E-state index contributed by atoms with van der Waals surface area (Å²) >= 11 is 4.42. The van der Waals surface area contributed by atoms with Crippen LogP contribution in [0.5, 0.6) is 11.5 Å². The van der Waals surface area contributed by atoms with Gasteiger partial charge in [0.25, 0.3) is 0 Å². The molecule has 0 N–H and O–H groups in total. The number of rotatable bonds is 6. The molecule has 2 aromatic carbocycles. The Morgan fingerprint density at radius 1 is 1.00 bits per heavy atom. The second-order valence-electron chi connectivity index (χ2n) is 4.81. The van der Waals surface area contributed by atoms with E-state index in [9.17, 15) is 0 Å². The third kappa shape index (κ3) is 4.20. The zero-order chi connectivity index (χ0) is 14.4. The normalized spacial score (nSPS) is 11.9. The average Bonchev–Trinajstić information content (AvgIpc) is 2.46. The van der Waals surface area contributed by atoms with Crippen LogP contribution in [0.15, 0.2) is 48.5 Å². The summed E-state index contributed by atoms with van der Waals surface area (Å²) in [5.74, 6) is 1.54. The fourth-order valence-electron chi connectivity index (χ4n) is 2.03. The summed E-state index contributed by atoms with van der Waals surface area (Å²) in [7, 11) is 1.67. The van der Waals surface area contributed by atoms with Gasteiger partial charge in [0.15, 0.2) is 11.5 Å². The van der Waals surface area contributed by atoms with E-state index in [1.165, 1.54) is 5.56 Å². The Bertz CT molecular complexity index is 538. The van der Waals surface area contributed by atoms with Crippen molar-refractivity contribution < 1.29 is 9.47 Å². The van der Waals surface area contributed by atoms with Crippen LogP contribution in [-0.2, 0) is 13.0 Å². The van der Waals surface area contributed by atoms with E-state index in [0.717, 1.165) is 23.5 Å². The summed E-state index contributed by atoms with van der Waals surface area (Å²) < 4.78 is 11.2. The van der Waals surface area contributed by atoms with Gasteiger partial charge in [-0.2, -0.15) is 12.6 Å². The van der Waals surface area contributed by atoms with Crippen molar-refractivity contribution in [2.45, 2.75) is 25.2 Å². The lowest BCUT2D eigenvalue weighted by Crippen LogP contribution is -2.00. The minimum absolute atomic E-state index is 0.329. The number of ether oxygens (including phenoxy) is 2. The third-order valence-electron chi connectivity index (χ3n) is 3.00. The van der Waals surface area contributed by atoms with Gasteiger partial charge in [0.1, 0.15) is 6.61 Å². The van der Waals surface area contributed by atoms with Crippen LogP contribution in [0.2, 0.25) is 0 Å². The van der Waals surface area contributed by atoms with Gasteiger partial charge in [0.2, 0.25) is 0 Å². The van der Waals surface area contributed by atoms with Crippen molar-refractivity contribution in [3.8, 4) is 11.5 Å². The van der Waals surface area contributed by atoms with Crippen LogP contribution in [0, 0.1) is 0 Å². The van der Waals surface area contributed by atoms with Gasteiger partial charge in [0, 0.05) is 5.25 Å². The summed E-state index contributed by atoms with van der Waals surface area (Å²) in [5.41, 5.74) is 2.35. The molecular formula is C17H20O2S. The SMILES string of the molecule is COc1cc(CC(C)S)ccc1OCc1ccccc1. The van der Waals surface area contributed by atoms with E-state index >= 15 is 0 Å². The van der Waals surface area contributed by atoms with E-state index in [0.29, 0.717) is 11.9 Å². The zero-order valence-electron chi connectivity index (χ0n) is 11.9. The van der Waals surface area contributed by atoms with E-state index in [1.54, 1.807) is 7.11 Å². The predicted octanol–water partition coefficient (Wildman–Crippen LogP) is 4.14. The standard InChI is InChI=1S/C17H20O2S/c1-13(20)10-15-8-9-16(17(11-15)18-2)19-12-14-6-4-3-5-7-14/h3-9,11,13,20H,10,12H2,1-2H3. The molecule has 0 aliphatic carbocycles. The van der Waals surface area contributed by atoms with Crippen molar-refractivity contribution in [2.75, 3.05) is 7.11 Å². The van der Waals surface area contributed by atoms with Gasteiger partial charge >= 0.3 is 0 Å². The molecule has 0 saturated heterocycles. The van der Waals surface area contributed by atoms with Crippen molar-refractivity contribution in [2.24, 2.45) is 0 Å². The van der Waals surface area contributed by atoms with Crippen LogP contribution in [-0.4, -0.2) is 12.4 Å². The molecule has 0 fully saturated rings. The lowest BCUT2D eigenvalue weighted by Gasteiger charge is -2.13. The van der Waals surface area contributed by atoms with E-state index in [1.807, 2.05) is 42.5 Å². The Morgan fingerprint density at radius 3 is 2.40 bits per heavy atom. The molecule has 1 unspecified atom stereocenters. The van der Waals surface area contributed by atoms with Crippen molar-refractivity contribution >= 4 is 12.6 Å². The highest BCUT2D eigenvalue weighted by Crippen LogP contribution is 2.29. The second kappa shape index (κ2) is 7.25. The molecule has 0 aromatic heterocycles. The summed E-state index contributed by atoms with van der Waals surface area (Å²) in [6.07, 6.45) is 0.915. The summed E-state index contributed by atoms with van der Waals surface area (Å²) in [4.78, 5) is 0. The quantitative estimate of drug-likeness (QED) is 0.806. The Balaban J connectivity index is 2.07. The summed E-state index contributed by atoms with van der Waals surface area (Å²) in [5, 5.41) is 0.329. The first-order valence-electron chi connectivity index (χ1n) is 6.70. The number of benzene rings is 2. The van der Waals surface area contributed by atoms with Crippen molar-refractivity contribution in [1.82, 2.24) is 0 Å². The summed E-state index contributed by atoms with van der Waals surface area (Å²) in [6.45, 7) is 2.62. The lowest BCUT2D eigenvalue weighted by molar-refractivity contribution is 0.284. The molecule has 106 valence electrons. The Kier molecular flexibility index (Phi) is 5.36. The highest BCUT2D eigenvalue weighted by atomic mass is 32.1. The van der Waals surface area contributed by atoms with Crippen LogP contribution in [0.4, 0.5) is 0 Å². The minimum atomic E-state index is 0.329. The van der Waals surface area contributed by atoms with Crippen LogP contribution < -0.4 is 9.47 Å². The van der Waals surface area contributed by atoms with Crippen LogP contribution in [0.1, 0.15) is 18.1 Å². The highest BCUT2D eigenvalue weighted by molar-refractivity contribution is 7.80.